The number of likely N-dealkylation sites (N-methyl/N-ethyl adjacent to an activating group) is 1. The van der Waals surface area contributed by atoms with Crippen molar-refractivity contribution in [1.29, 1.82) is 0 Å². The van der Waals surface area contributed by atoms with E-state index in [1.54, 1.807) is 6.33 Å². The highest BCUT2D eigenvalue weighted by Crippen LogP contribution is 2.41. The van der Waals surface area contributed by atoms with E-state index in [4.69, 9.17) is 15.5 Å². The SMILES string of the molecule is CN1CCN(C(C2CCC(O)CC2)n2cc(-c3ccc(Oc4ccccc4)cc3)c3c(N)ncnc32)CC1. The van der Waals surface area contributed by atoms with E-state index in [1.165, 1.54) is 0 Å². The van der Waals surface area contributed by atoms with Crippen LogP contribution in [0.3, 0.4) is 0 Å². The van der Waals surface area contributed by atoms with Crippen molar-refractivity contribution in [3.05, 3.63) is 67.1 Å². The van der Waals surface area contributed by atoms with Crippen LogP contribution in [-0.2, 0) is 0 Å². The van der Waals surface area contributed by atoms with Crippen molar-refractivity contribution in [2.45, 2.75) is 38.0 Å². The summed E-state index contributed by atoms with van der Waals surface area (Å²) in [6.45, 7) is 4.08. The fraction of sp³-hybridized carbons (Fsp3) is 0.400. The number of nitrogens with zero attached hydrogens (tertiary/aromatic N) is 5. The van der Waals surface area contributed by atoms with Crippen LogP contribution in [0.25, 0.3) is 22.2 Å². The molecule has 0 spiro atoms. The molecule has 0 radical (unpaired) electrons. The Bertz CT molecular complexity index is 1340. The van der Waals surface area contributed by atoms with Crippen LogP contribution >= 0.6 is 0 Å². The molecule has 3 N–H and O–H groups in total. The number of hydrogen-bond donors (Lipinski definition) is 2. The molecule has 6 rings (SSSR count). The van der Waals surface area contributed by atoms with E-state index < -0.39 is 0 Å². The summed E-state index contributed by atoms with van der Waals surface area (Å²) in [7, 11) is 2.19. The average Bonchev–Trinajstić information content (AvgIpc) is 3.32. The number of piperazine rings is 1. The first-order valence-electron chi connectivity index (χ1n) is 13.6. The van der Waals surface area contributed by atoms with Gasteiger partial charge in [0.2, 0.25) is 0 Å². The van der Waals surface area contributed by atoms with Crippen LogP contribution in [0.1, 0.15) is 31.8 Å². The van der Waals surface area contributed by atoms with Gasteiger partial charge in [-0.2, -0.15) is 0 Å². The molecule has 1 aliphatic carbocycles. The lowest BCUT2D eigenvalue weighted by Gasteiger charge is -2.43. The molecule has 1 atom stereocenters. The van der Waals surface area contributed by atoms with Gasteiger partial charge in [0.1, 0.15) is 29.3 Å². The highest BCUT2D eigenvalue weighted by Gasteiger charge is 2.35. The maximum Gasteiger partial charge on any atom is 0.147 e. The third-order valence-corrected chi connectivity index (χ3v) is 8.14. The Labute approximate surface area is 223 Å². The number of hydrogen-bond acceptors (Lipinski definition) is 7. The van der Waals surface area contributed by atoms with Gasteiger partial charge in [0.25, 0.3) is 0 Å². The summed E-state index contributed by atoms with van der Waals surface area (Å²) in [5, 5.41) is 11.1. The lowest BCUT2D eigenvalue weighted by molar-refractivity contribution is 0.00936. The van der Waals surface area contributed by atoms with Gasteiger partial charge in [0.15, 0.2) is 0 Å². The van der Waals surface area contributed by atoms with Gasteiger partial charge in [0.05, 0.1) is 17.7 Å². The first kappa shape index (κ1) is 24.9. The van der Waals surface area contributed by atoms with Gasteiger partial charge in [-0.3, -0.25) is 4.90 Å². The minimum absolute atomic E-state index is 0.155. The topological polar surface area (TPSA) is 92.7 Å². The van der Waals surface area contributed by atoms with Crippen LogP contribution in [0.15, 0.2) is 67.1 Å². The van der Waals surface area contributed by atoms with Crippen LogP contribution in [-0.4, -0.2) is 68.8 Å². The van der Waals surface area contributed by atoms with Crippen molar-refractivity contribution in [3.8, 4) is 22.6 Å². The molecular weight excluding hydrogens is 476 g/mol. The number of nitrogen functional groups attached to an aromatic ring is 1. The van der Waals surface area contributed by atoms with Gasteiger partial charge in [-0.15, -0.1) is 0 Å². The minimum atomic E-state index is -0.189. The number of aromatic nitrogens is 3. The molecule has 2 aliphatic rings. The minimum Gasteiger partial charge on any atom is -0.457 e. The van der Waals surface area contributed by atoms with E-state index in [1.807, 2.05) is 42.5 Å². The molecule has 1 saturated carbocycles. The normalized spacial score (nSPS) is 21.9. The lowest BCUT2D eigenvalue weighted by atomic mass is 9.84. The van der Waals surface area contributed by atoms with E-state index in [0.717, 1.165) is 85.5 Å². The molecule has 3 heterocycles. The number of fused-ring (bicyclic) bond motifs is 1. The predicted molar refractivity (Wildman–Crippen MR) is 150 cm³/mol. The fourth-order valence-corrected chi connectivity index (χ4v) is 6.04. The summed E-state index contributed by atoms with van der Waals surface area (Å²) in [6, 6.07) is 17.9. The van der Waals surface area contributed by atoms with Gasteiger partial charge < -0.3 is 25.0 Å². The van der Waals surface area contributed by atoms with Gasteiger partial charge >= 0.3 is 0 Å². The van der Waals surface area contributed by atoms with Gasteiger partial charge in [-0.1, -0.05) is 30.3 Å². The third-order valence-electron chi connectivity index (χ3n) is 8.14. The molecular formula is C30H36N6O2. The summed E-state index contributed by atoms with van der Waals surface area (Å²) < 4.78 is 8.35. The van der Waals surface area contributed by atoms with E-state index in [9.17, 15) is 5.11 Å². The van der Waals surface area contributed by atoms with E-state index in [2.05, 4.69) is 44.7 Å². The second-order valence-electron chi connectivity index (χ2n) is 10.7. The highest BCUT2D eigenvalue weighted by molar-refractivity contribution is 6.00. The van der Waals surface area contributed by atoms with Crippen LogP contribution in [0.4, 0.5) is 5.82 Å². The molecule has 2 aromatic carbocycles. The van der Waals surface area contributed by atoms with Gasteiger partial charge in [0, 0.05) is 37.9 Å². The number of anilines is 1. The number of aliphatic hydroxyl groups excluding tert-OH is 1. The molecule has 8 heteroatoms. The van der Waals surface area contributed by atoms with Crippen molar-refractivity contribution < 1.29 is 9.84 Å². The Morgan fingerprint density at radius 2 is 1.58 bits per heavy atom. The summed E-state index contributed by atoms with van der Waals surface area (Å²) in [6.07, 6.45) is 7.45. The Morgan fingerprint density at radius 1 is 0.895 bits per heavy atom. The van der Waals surface area contributed by atoms with Crippen molar-refractivity contribution in [2.75, 3.05) is 39.0 Å². The van der Waals surface area contributed by atoms with Gasteiger partial charge in [-0.25, -0.2) is 9.97 Å². The molecule has 38 heavy (non-hydrogen) atoms. The Balaban J connectivity index is 1.39. The van der Waals surface area contributed by atoms with Crippen LogP contribution < -0.4 is 10.5 Å². The number of aliphatic hydroxyl groups is 1. The van der Waals surface area contributed by atoms with Crippen molar-refractivity contribution in [1.82, 2.24) is 24.3 Å². The average molecular weight is 513 g/mol. The Kier molecular flexibility index (Phi) is 7.02. The van der Waals surface area contributed by atoms with Crippen molar-refractivity contribution >= 4 is 16.9 Å². The van der Waals surface area contributed by atoms with E-state index in [-0.39, 0.29) is 12.3 Å². The molecule has 2 aromatic heterocycles. The van der Waals surface area contributed by atoms with E-state index >= 15 is 0 Å². The largest absolute Gasteiger partial charge is 0.457 e. The van der Waals surface area contributed by atoms with Crippen LogP contribution in [0.2, 0.25) is 0 Å². The second-order valence-corrected chi connectivity index (χ2v) is 10.7. The predicted octanol–water partition coefficient (Wildman–Crippen LogP) is 4.77. The molecule has 1 unspecified atom stereocenters. The molecule has 1 saturated heterocycles. The van der Waals surface area contributed by atoms with Gasteiger partial charge in [-0.05, 0) is 68.5 Å². The zero-order valence-electron chi connectivity index (χ0n) is 21.9. The number of ether oxygens (including phenoxy) is 1. The molecule has 1 aliphatic heterocycles. The second kappa shape index (κ2) is 10.7. The van der Waals surface area contributed by atoms with Crippen molar-refractivity contribution in [2.24, 2.45) is 5.92 Å². The maximum absolute atomic E-state index is 10.2. The fourth-order valence-electron chi connectivity index (χ4n) is 6.04. The number of para-hydroxylation sites is 1. The smallest absolute Gasteiger partial charge is 0.147 e. The van der Waals surface area contributed by atoms with E-state index in [0.29, 0.717) is 11.7 Å². The Morgan fingerprint density at radius 3 is 2.29 bits per heavy atom. The summed E-state index contributed by atoms with van der Waals surface area (Å²) >= 11 is 0. The maximum atomic E-state index is 10.2. The molecule has 0 bridgehead atoms. The number of benzene rings is 2. The summed E-state index contributed by atoms with van der Waals surface area (Å²) in [5.41, 5.74) is 9.43. The molecule has 198 valence electrons. The van der Waals surface area contributed by atoms with Crippen LogP contribution in [0.5, 0.6) is 11.5 Å². The molecule has 8 nitrogen and oxygen atoms in total. The first-order valence-corrected chi connectivity index (χ1v) is 13.6. The Hall–Kier alpha value is -3.46. The zero-order chi connectivity index (χ0) is 26.1. The lowest BCUT2D eigenvalue weighted by Crippen LogP contribution is -2.49. The zero-order valence-corrected chi connectivity index (χ0v) is 21.9. The standard InChI is InChI=1S/C30H36N6O2/c1-34-15-17-35(18-16-34)30(22-7-11-23(37)12-8-22)36-19-26(27-28(31)32-20-33-29(27)36)21-9-13-25(14-10-21)38-24-5-3-2-4-6-24/h2-6,9-10,13-14,19-20,22-23,30,37H,7-8,11-12,15-18H2,1H3,(H2,31,32,33). The molecule has 4 aromatic rings. The number of rotatable bonds is 6. The third kappa shape index (κ3) is 4.99. The molecule has 0 amide bonds. The summed E-state index contributed by atoms with van der Waals surface area (Å²) in [5.74, 6) is 2.51. The van der Waals surface area contributed by atoms with Crippen molar-refractivity contribution in [3.63, 3.8) is 0 Å². The first-order chi connectivity index (χ1) is 18.6. The number of nitrogens with two attached hydrogens (primary N) is 1. The van der Waals surface area contributed by atoms with Crippen LogP contribution in [0, 0.1) is 5.92 Å². The summed E-state index contributed by atoms with van der Waals surface area (Å²) in [4.78, 5) is 14.1. The highest BCUT2D eigenvalue weighted by atomic mass is 16.5. The monoisotopic (exact) mass is 512 g/mol. The quantitative estimate of drug-likeness (QED) is 0.384. The molecule has 2 fully saturated rings.